The predicted molar refractivity (Wildman–Crippen MR) is 104 cm³/mol. The molecular formula is C19H18FN3O3S. The van der Waals surface area contributed by atoms with Crippen molar-refractivity contribution in [2.24, 2.45) is 4.99 Å². The molecule has 1 fully saturated rings. The first-order chi connectivity index (χ1) is 13.0. The summed E-state index contributed by atoms with van der Waals surface area (Å²) >= 11 is 1.16. The van der Waals surface area contributed by atoms with Gasteiger partial charge < -0.3 is 10.1 Å². The van der Waals surface area contributed by atoms with Crippen molar-refractivity contribution < 1.29 is 18.7 Å². The van der Waals surface area contributed by atoms with Crippen LogP contribution in [-0.4, -0.2) is 41.3 Å². The van der Waals surface area contributed by atoms with Crippen LogP contribution < -0.4 is 10.1 Å². The Morgan fingerprint density at radius 3 is 2.81 bits per heavy atom. The van der Waals surface area contributed by atoms with Crippen molar-refractivity contribution in [1.82, 2.24) is 4.90 Å². The topological polar surface area (TPSA) is 71.0 Å². The number of amides is 2. The normalized spacial score (nSPS) is 18.5. The molecular weight excluding hydrogens is 369 g/mol. The SMILES string of the molecule is COc1ccccc1NC(=O)C1CC(=O)N(C)C(=Nc2cccc(F)c2)S1. The first kappa shape index (κ1) is 18.9. The predicted octanol–water partition coefficient (Wildman–Crippen LogP) is 3.42. The van der Waals surface area contributed by atoms with Gasteiger partial charge in [-0.25, -0.2) is 9.38 Å². The van der Waals surface area contributed by atoms with Crippen LogP contribution in [0, 0.1) is 5.82 Å². The Balaban J connectivity index is 1.80. The van der Waals surface area contributed by atoms with Gasteiger partial charge in [0.25, 0.3) is 0 Å². The van der Waals surface area contributed by atoms with Crippen molar-refractivity contribution in [3.63, 3.8) is 0 Å². The van der Waals surface area contributed by atoms with Crippen LogP contribution in [0.5, 0.6) is 5.75 Å². The number of para-hydroxylation sites is 2. The van der Waals surface area contributed by atoms with Gasteiger partial charge in [-0.2, -0.15) is 0 Å². The number of aliphatic imine (C=N–C) groups is 1. The monoisotopic (exact) mass is 387 g/mol. The molecule has 27 heavy (non-hydrogen) atoms. The van der Waals surface area contributed by atoms with Crippen LogP contribution in [0.4, 0.5) is 15.8 Å². The van der Waals surface area contributed by atoms with Crippen LogP contribution in [0.3, 0.4) is 0 Å². The number of halogens is 1. The number of benzene rings is 2. The van der Waals surface area contributed by atoms with Crippen LogP contribution >= 0.6 is 11.8 Å². The van der Waals surface area contributed by atoms with E-state index in [2.05, 4.69) is 10.3 Å². The Bertz CT molecular complexity index is 903. The van der Waals surface area contributed by atoms with E-state index < -0.39 is 11.1 Å². The molecule has 140 valence electrons. The van der Waals surface area contributed by atoms with Crippen LogP contribution in [-0.2, 0) is 9.59 Å². The van der Waals surface area contributed by atoms with Crippen LogP contribution in [0.2, 0.25) is 0 Å². The molecule has 1 aliphatic heterocycles. The fourth-order valence-corrected chi connectivity index (χ4v) is 3.58. The average Bonchev–Trinajstić information content (AvgIpc) is 2.65. The van der Waals surface area contributed by atoms with Gasteiger partial charge in [0.15, 0.2) is 5.17 Å². The lowest BCUT2D eigenvalue weighted by Crippen LogP contribution is -2.43. The molecule has 1 saturated heterocycles. The van der Waals surface area contributed by atoms with Crippen molar-refractivity contribution in [2.75, 3.05) is 19.5 Å². The zero-order valence-electron chi connectivity index (χ0n) is 14.8. The number of hydrogen-bond donors (Lipinski definition) is 1. The molecule has 1 aliphatic rings. The summed E-state index contributed by atoms with van der Waals surface area (Å²) in [4.78, 5) is 30.7. The van der Waals surface area contributed by atoms with E-state index in [0.29, 0.717) is 22.3 Å². The number of carbonyl (C=O) groups is 2. The Morgan fingerprint density at radius 2 is 2.07 bits per heavy atom. The molecule has 0 aliphatic carbocycles. The number of carbonyl (C=O) groups excluding carboxylic acids is 2. The molecule has 0 aromatic heterocycles. The van der Waals surface area contributed by atoms with Gasteiger partial charge in [0.1, 0.15) is 16.8 Å². The summed E-state index contributed by atoms with van der Waals surface area (Å²) in [6, 6.07) is 12.8. The highest BCUT2D eigenvalue weighted by Crippen LogP contribution is 2.30. The minimum absolute atomic E-state index is 0.0460. The molecule has 1 N–H and O–H groups in total. The summed E-state index contributed by atoms with van der Waals surface area (Å²) in [5, 5.41) is 2.49. The fourth-order valence-electron chi connectivity index (χ4n) is 2.51. The summed E-state index contributed by atoms with van der Waals surface area (Å²) < 4.78 is 18.6. The van der Waals surface area contributed by atoms with E-state index in [1.807, 2.05) is 0 Å². The lowest BCUT2D eigenvalue weighted by molar-refractivity contribution is -0.128. The quantitative estimate of drug-likeness (QED) is 0.873. The first-order valence-corrected chi connectivity index (χ1v) is 9.07. The minimum atomic E-state index is -0.647. The highest BCUT2D eigenvalue weighted by Gasteiger charge is 2.34. The molecule has 0 radical (unpaired) electrons. The Hall–Kier alpha value is -2.87. The van der Waals surface area contributed by atoms with Gasteiger partial charge in [-0.3, -0.25) is 14.5 Å². The van der Waals surface area contributed by atoms with E-state index in [-0.39, 0.29) is 18.2 Å². The number of nitrogens with one attached hydrogen (secondary N) is 1. The Morgan fingerprint density at radius 1 is 1.30 bits per heavy atom. The summed E-state index contributed by atoms with van der Waals surface area (Å²) in [5.74, 6) is -0.442. The van der Waals surface area contributed by atoms with E-state index in [1.165, 1.54) is 30.2 Å². The van der Waals surface area contributed by atoms with Gasteiger partial charge in [0.2, 0.25) is 11.8 Å². The number of rotatable bonds is 4. The van der Waals surface area contributed by atoms with Gasteiger partial charge in [-0.05, 0) is 30.3 Å². The molecule has 0 saturated carbocycles. The van der Waals surface area contributed by atoms with E-state index in [1.54, 1.807) is 37.4 Å². The Labute approximate surface area is 160 Å². The zero-order valence-corrected chi connectivity index (χ0v) is 15.6. The number of anilines is 1. The number of methoxy groups -OCH3 is 1. The molecule has 8 heteroatoms. The van der Waals surface area contributed by atoms with Gasteiger partial charge in [-0.15, -0.1) is 0 Å². The number of nitrogens with zero attached hydrogens (tertiary/aromatic N) is 2. The van der Waals surface area contributed by atoms with E-state index in [9.17, 15) is 14.0 Å². The molecule has 1 atom stereocenters. The lowest BCUT2D eigenvalue weighted by Gasteiger charge is -2.29. The van der Waals surface area contributed by atoms with Crippen molar-refractivity contribution in [3.05, 3.63) is 54.3 Å². The number of amidine groups is 1. The second-order valence-electron chi connectivity index (χ2n) is 5.83. The number of thioether (sulfide) groups is 1. The summed E-state index contributed by atoms with van der Waals surface area (Å²) in [7, 11) is 3.10. The maximum absolute atomic E-state index is 13.4. The molecule has 1 unspecified atom stereocenters. The fraction of sp³-hybridized carbons (Fsp3) is 0.211. The van der Waals surface area contributed by atoms with Crippen molar-refractivity contribution in [2.45, 2.75) is 11.7 Å². The van der Waals surface area contributed by atoms with Gasteiger partial charge in [0.05, 0.1) is 18.5 Å². The first-order valence-electron chi connectivity index (χ1n) is 8.19. The highest BCUT2D eigenvalue weighted by atomic mass is 32.2. The number of hydrogen-bond acceptors (Lipinski definition) is 5. The van der Waals surface area contributed by atoms with Gasteiger partial charge in [0, 0.05) is 13.5 Å². The van der Waals surface area contributed by atoms with Crippen molar-refractivity contribution >= 4 is 40.1 Å². The molecule has 0 bridgehead atoms. The van der Waals surface area contributed by atoms with Gasteiger partial charge >= 0.3 is 0 Å². The molecule has 1 heterocycles. The largest absolute Gasteiger partial charge is 0.495 e. The average molecular weight is 387 g/mol. The van der Waals surface area contributed by atoms with E-state index in [4.69, 9.17) is 4.74 Å². The van der Waals surface area contributed by atoms with E-state index in [0.717, 1.165) is 11.8 Å². The molecule has 0 spiro atoms. The third kappa shape index (κ3) is 4.46. The zero-order chi connectivity index (χ0) is 19.4. The highest BCUT2D eigenvalue weighted by molar-refractivity contribution is 8.15. The van der Waals surface area contributed by atoms with Crippen molar-refractivity contribution in [1.29, 1.82) is 0 Å². The molecule has 2 aromatic rings. The summed E-state index contributed by atoms with van der Waals surface area (Å²) in [5.41, 5.74) is 0.906. The minimum Gasteiger partial charge on any atom is -0.495 e. The van der Waals surface area contributed by atoms with Crippen molar-refractivity contribution in [3.8, 4) is 5.75 Å². The number of ether oxygens (including phenoxy) is 1. The van der Waals surface area contributed by atoms with Crippen LogP contribution in [0.25, 0.3) is 0 Å². The summed E-state index contributed by atoms with van der Waals surface area (Å²) in [6.07, 6.45) is 0.0460. The Kier molecular flexibility index (Phi) is 5.75. The second-order valence-corrected chi connectivity index (χ2v) is 7.00. The van der Waals surface area contributed by atoms with E-state index >= 15 is 0 Å². The maximum atomic E-state index is 13.4. The second kappa shape index (κ2) is 8.22. The molecule has 6 nitrogen and oxygen atoms in total. The molecule has 2 amide bonds. The van der Waals surface area contributed by atoms with Crippen LogP contribution in [0.1, 0.15) is 6.42 Å². The molecule has 2 aromatic carbocycles. The van der Waals surface area contributed by atoms with Gasteiger partial charge in [-0.1, -0.05) is 30.0 Å². The third-order valence-electron chi connectivity index (χ3n) is 3.96. The standard InChI is InChI=1S/C19H18FN3O3S/c1-23-17(24)11-16(18(25)22-14-8-3-4-9-15(14)26-2)27-19(23)21-13-7-5-6-12(20)10-13/h3-10,16H,11H2,1-2H3,(H,22,25). The smallest absolute Gasteiger partial charge is 0.238 e. The lowest BCUT2D eigenvalue weighted by atomic mass is 10.2. The maximum Gasteiger partial charge on any atom is 0.238 e. The molecule has 3 rings (SSSR count). The third-order valence-corrected chi connectivity index (χ3v) is 5.20. The summed E-state index contributed by atoms with van der Waals surface area (Å²) in [6.45, 7) is 0. The van der Waals surface area contributed by atoms with Crippen LogP contribution in [0.15, 0.2) is 53.5 Å².